The fourth-order valence-corrected chi connectivity index (χ4v) is 3.16. The summed E-state index contributed by atoms with van der Waals surface area (Å²) in [5, 5.41) is 10.5. The first-order valence-corrected chi connectivity index (χ1v) is 8.19. The Morgan fingerprint density at radius 1 is 1.21 bits per heavy atom. The van der Waals surface area contributed by atoms with Crippen LogP contribution >= 0.6 is 11.8 Å². The van der Waals surface area contributed by atoms with E-state index in [1.807, 2.05) is 28.7 Å². The van der Waals surface area contributed by atoms with Crippen LogP contribution in [0.25, 0.3) is 16.8 Å². The molecule has 4 aromatic rings. The predicted octanol–water partition coefficient (Wildman–Crippen LogP) is 3.08. The van der Waals surface area contributed by atoms with E-state index >= 15 is 0 Å². The number of aromatic amines is 1. The van der Waals surface area contributed by atoms with Crippen LogP contribution in [0.4, 0.5) is 10.1 Å². The maximum atomic E-state index is 12.9. The summed E-state index contributed by atoms with van der Waals surface area (Å²) in [6, 6.07) is 13.4. The Bertz CT molecular complexity index is 1020. The highest BCUT2D eigenvalue weighted by Crippen LogP contribution is 2.23. The van der Waals surface area contributed by atoms with Crippen LogP contribution in [-0.4, -0.2) is 31.2 Å². The van der Waals surface area contributed by atoms with Gasteiger partial charge in [0, 0.05) is 5.69 Å². The van der Waals surface area contributed by atoms with Gasteiger partial charge in [0.1, 0.15) is 5.82 Å². The molecule has 0 atom stereocenters. The van der Waals surface area contributed by atoms with Crippen LogP contribution in [0.1, 0.15) is 0 Å². The van der Waals surface area contributed by atoms with E-state index < -0.39 is 0 Å². The number of hydrogen-bond acceptors (Lipinski definition) is 4. The quantitative estimate of drug-likeness (QED) is 0.559. The number of aromatic nitrogens is 4. The predicted molar refractivity (Wildman–Crippen MR) is 90.6 cm³/mol. The Hall–Kier alpha value is -2.87. The molecule has 0 saturated heterocycles. The second-order valence-electron chi connectivity index (χ2n) is 5.11. The lowest BCUT2D eigenvalue weighted by Gasteiger charge is -2.04. The number of carbonyl (C=O) groups excluding carboxylic acids is 1. The minimum atomic E-state index is -0.340. The van der Waals surface area contributed by atoms with Gasteiger partial charge in [-0.15, -0.1) is 5.10 Å². The molecule has 2 aromatic carbocycles. The summed E-state index contributed by atoms with van der Waals surface area (Å²) in [5.41, 5.74) is 2.36. The van der Waals surface area contributed by atoms with Crippen LogP contribution in [0.2, 0.25) is 0 Å². The molecule has 0 aliphatic heterocycles. The number of thioether (sulfide) groups is 1. The third-order valence-electron chi connectivity index (χ3n) is 3.46. The molecule has 2 aromatic heterocycles. The number of anilines is 1. The number of nitrogens with zero attached hydrogens (tertiary/aromatic N) is 3. The van der Waals surface area contributed by atoms with Crippen molar-refractivity contribution in [1.29, 1.82) is 0 Å². The molecular weight excluding hydrogens is 329 g/mol. The van der Waals surface area contributed by atoms with E-state index in [9.17, 15) is 9.18 Å². The number of rotatable bonds is 4. The Labute approximate surface area is 140 Å². The Kier molecular flexibility index (Phi) is 3.66. The van der Waals surface area contributed by atoms with Gasteiger partial charge in [-0.05, 0) is 36.4 Å². The minimum absolute atomic E-state index is 0.184. The van der Waals surface area contributed by atoms with Gasteiger partial charge >= 0.3 is 0 Å². The van der Waals surface area contributed by atoms with Crippen molar-refractivity contribution in [1.82, 2.24) is 19.6 Å². The normalized spacial score (nSPS) is 11.2. The molecule has 0 aliphatic rings. The van der Waals surface area contributed by atoms with Gasteiger partial charge in [0.2, 0.25) is 11.7 Å². The molecule has 6 nitrogen and oxygen atoms in total. The molecule has 0 bridgehead atoms. The highest BCUT2D eigenvalue weighted by molar-refractivity contribution is 7.99. The average Bonchev–Trinajstić information content (AvgIpc) is 3.14. The number of halogens is 1. The highest BCUT2D eigenvalue weighted by atomic mass is 32.2. The van der Waals surface area contributed by atoms with Crippen molar-refractivity contribution in [3.8, 4) is 0 Å². The zero-order valence-electron chi connectivity index (χ0n) is 12.4. The van der Waals surface area contributed by atoms with E-state index in [1.165, 1.54) is 36.0 Å². The van der Waals surface area contributed by atoms with Gasteiger partial charge < -0.3 is 5.32 Å². The third kappa shape index (κ3) is 2.71. The van der Waals surface area contributed by atoms with Crippen molar-refractivity contribution >= 4 is 40.2 Å². The second-order valence-corrected chi connectivity index (χ2v) is 6.05. The van der Waals surface area contributed by atoms with Crippen LogP contribution in [0.3, 0.4) is 0 Å². The van der Waals surface area contributed by atoms with Crippen molar-refractivity contribution in [3.05, 3.63) is 54.3 Å². The highest BCUT2D eigenvalue weighted by Gasteiger charge is 2.13. The molecule has 1 amide bonds. The number of hydrogen-bond donors (Lipinski definition) is 2. The van der Waals surface area contributed by atoms with Crippen molar-refractivity contribution in [2.24, 2.45) is 0 Å². The molecule has 0 fully saturated rings. The molecule has 120 valence electrons. The zero-order valence-corrected chi connectivity index (χ0v) is 13.2. The Morgan fingerprint density at radius 3 is 2.83 bits per heavy atom. The fourth-order valence-electron chi connectivity index (χ4n) is 2.40. The third-order valence-corrected chi connectivity index (χ3v) is 4.40. The number of imidazole rings is 1. The lowest BCUT2D eigenvalue weighted by Crippen LogP contribution is -2.14. The summed E-state index contributed by atoms with van der Waals surface area (Å²) in [4.78, 5) is 16.5. The monoisotopic (exact) mass is 341 g/mol. The molecule has 0 aliphatic carbocycles. The van der Waals surface area contributed by atoms with Crippen molar-refractivity contribution in [3.63, 3.8) is 0 Å². The first-order valence-electron chi connectivity index (χ1n) is 7.20. The summed E-state index contributed by atoms with van der Waals surface area (Å²) in [7, 11) is 0. The lowest BCUT2D eigenvalue weighted by molar-refractivity contribution is -0.113. The van der Waals surface area contributed by atoms with E-state index in [4.69, 9.17) is 0 Å². The van der Waals surface area contributed by atoms with Crippen LogP contribution in [0.5, 0.6) is 0 Å². The molecule has 0 unspecified atom stereocenters. The maximum absolute atomic E-state index is 12.9. The fraction of sp³-hybridized carbons (Fsp3) is 0.0625. The molecule has 0 radical (unpaired) electrons. The van der Waals surface area contributed by atoms with Crippen LogP contribution in [0.15, 0.2) is 53.7 Å². The molecule has 4 rings (SSSR count). The summed E-state index contributed by atoms with van der Waals surface area (Å²) in [6.45, 7) is 0. The van der Waals surface area contributed by atoms with Gasteiger partial charge in [-0.25, -0.2) is 14.5 Å². The Balaban J connectivity index is 1.50. The lowest BCUT2D eigenvalue weighted by atomic mass is 10.3. The van der Waals surface area contributed by atoms with Crippen molar-refractivity contribution in [2.45, 2.75) is 5.16 Å². The van der Waals surface area contributed by atoms with Gasteiger partial charge in [0.15, 0.2) is 5.16 Å². The smallest absolute Gasteiger partial charge is 0.234 e. The first kappa shape index (κ1) is 14.7. The van der Waals surface area contributed by atoms with Gasteiger partial charge in [-0.2, -0.15) is 0 Å². The molecule has 24 heavy (non-hydrogen) atoms. The van der Waals surface area contributed by atoms with E-state index in [0.29, 0.717) is 16.6 Å². The molecule has 2 N–H and O–H groups in total. The van der Waals surface area contributed by atoms with Gasteiger partial charge in [-0.3, -0.25) is 9.20 Å². The van der Waals surface area contributed by atoms with Crippen molar-refractivity contribution < 1.29 is 9.18 Å². The number of para-hydroxylation sites is 2. The van der Waals surface area contributed by atoms with Crippen LogP contribution in [0, 0.1) is 5.82 Å². The SMILES string of the molecule is O=C(CSc1n[nH]c2nc3ccccc3n12)Nc1ccc(F)cc1. The second kappa shape index (κ2) is 5.97. The zero-order chi connectivity index (χ0) is 16.5. The number of benzene rings is 2. The Morgan fingerprint density at radius 2 is 2.00 bits per heavy atom. The van der Waals surface area contributed by atoms with E-state index in [2.05, 4.69) is 20.5 Å². The number of nitrogens with one attached hydrogen (secondary N) is 2. The molecular formula is C16H12FN5OS. The van der Waals surface area contributed by atoms with E-state index in [0.717, 1.165) is 11.0 Å². The van der Waals surface area contributed by atoms with Gasteiger partial charge in [0.25, 0.3) is 0 Å². The summed E-state index contributed by atoms with van der Waals surface area (Å²) in [5.74, 6) is 0.294. The largest absolute Gasteiger partial charge is 0.325 e. The summed E-state index contributed by atoms with van der Waals surface area (Å²) in [6.07, 6.45) is 0. The maximum Gasteiger partial charge on any atom is 0.234 e. The van der Waals surface area contributed by atoms with Crippen LogP contribution < -0.4 is 5.32 Å². The minimum Gasteiger partial charge on any atom is -0.325 e. The van der Waals surface area contributed by atoms with Crippen LogP contribution in [-0.2, 0) is 4.79 Å². The van der Waals surface area contributed by atoms with Crippen molar-refractivity contribution in [2.75, 3.05) is 11.1 Å². The summed E-state index contributed by atoms with van der Waals surface area (Å²) >= 11 is 1.30. The number of carbonyl (C=O) groups is 1. The topological polar surface area (TPSA) is 75.1 Å². The number of amides is 1. The first-order chi connectivity index (χ1) is 11.7. The average molecular weight is 341 g/mol. The standard InChI is InChI=1S/C16H12FN5OS/c17-10-5-7-11(8-6-10)18-14(23)9-24-16-21-20-15-19-12-3-1-2-4-13(12)22(15)16/h1-8H,9H2,(H,18,23)(H,19,20). The van der Waals surface area contributed by atoms with E-state index in [-0.39, 0.29) is 17.5 Å². The molecule has 8 heteroatoms. The molecule has 0 spiro atoms. The number of H-pyrrole nitrogens is 1. The summed E-state index contributed by atoms with van der Waals surface area (Å²) < 4.78 is 14.7. The van der Waals surface area contributed by atoms with Gasteiger partial charge in [0.05, 0.1) is 16.8 Å². The molecule has 0 saturated carbocycles. The van der Waals surface area contributed by atoms with Gasteiger partial charge in [-0.1, -0.05) is 23.9 Å². The van der Waals surface area contributed by atoms with E-state index in [1.54, 1.807) is 0 Å². The number of fused-ring (bicyclic) bond motifs is 3. The molecule has 2 heterocycles.